The van der Waals surface area contributed by atoms with Gasteiger partial charge in [0.05, 0.1) is 11.6 Å². The van der Waals surface area contributed by atoms with Gasteiger partial charge < -0.3 is 9.47 Å². The number of pyridine rings is 1. The first kappa shape index (κ1) is 23.0. The van der Waals surface area contributed by atoms with Crippen molar-refractivity contribution < 1.29 is 19.1 Å². The molecule has 2 aromatic rings. The van der Waals surface area contributed by atoms with Crippen molar-refractivity contribution >= 4 is 17.6 Å². The van der Waals surface area contributed by atoms with Crippen LogP contribution in [0.1, 0.15) is 57.2 Å². The molecule has 174 valence electrons. The fourth-order valence-electron chi connectivity index (χ4n) is 4.86. The molecule has 1 saturated carbocycles. The first-order valence-corrected chi connectivity index (χ1v) is 11.8. The van der Waals surface area contributed by atoms with Crippen molar-refractivity contribution in [3.63, 3.8) is 0 Å². The number of rotatable bonds is 6. The maximum atomic E-state index is 13.5. The lowest BCUT2D eigenvalue weighted by molar-refractivity contribution is -0.148. The zero-order chi connectivity index (χ0) is 23.4. The van der Waals surface area contributed by atoms with Crippen LogP contribution in [0.15, 0.2) is 61.1 Å². The number of carbonyl (C=O) groups is 2. The molecule has 2 fully saturated rings. The molecule has 1 amide bonds. The Hall–Kier alpha value is -3.15. The molecular formula is C27H32N2O4. The van der Waals surface area contributed by atoms with E-state index in [9.17, 15) is 9.59 Å². The lowest BCUT2D eigenvalue weighted by Gasteiger charge is -2.36. The molecule has 4 rings (SSSR count). The number of nitrogens with zero attached hydrogens (tertiary/aromatic N) is 2. The molecule has 0 bridgehead atoms. The van der Waals surface area contributed by atoms with Gasteiger partial charge in [-0.2, -0.15) is 0 Å². The minimum Gasteiger partial charge on any atom is -0.458 e. The number of hydrogen-bond donors (Lipinski definition) is 0. The van der Waals surface area contributed by atoms with Crippen LogP contribution in [0.5, 0.6) is 0 Å². The molecule has 2 heterocycles. The number of ether oxygens (including phenoxy) is 2. The number of carbonyl (C=O) groups excluding carboxylic acids is 2. The van der Waals surface area contributed by atoms with Crippen LogP contribution in [0.3, 0.4) is 0 Å². The fourth-order valence-corrected chi connectivity index (χ4v) is 4.86. The summed E-state index contributed by atoms with van der Waals surface area (Å²) in [4.78, 5) is 31.8. The van der Waals surface area contributed by atoms with Crippen molar-refractivity contribution in [2.75, 3.05) is 6.61 Å². The molecule has 1 aromatic carbocycles. The lowest BCUT2D eigenvalue weighted by Crippen LogP contribution is -2.36. The van der Waals surface area contributed by atoms with Gasteiger partial charge in [-0.3, -0.25) is 9.88 Å². The van der Waals surface area contributed by atoms with Gasteiger partial charge >= 0.3 is 12.1 Å². The summed E-state index contributed by atoms with van der Waals surface area (Å²) >= 11 is 0. The Balaban J connectivity index is 1.66. The minimum absolute atomic E-state index is 0.142. The van der Waals surface area contributed by atoms with Crippen LogP contribution in [0.25, 0.3) is 5.57 Å². The van der Waals surface area contributed by atoms with E-state index in [1.54, 1.807) is 24.7 Å². The molecule has 1 aliphatic carbocycles. The quantitative estimate of drug-likeness (QED) is 0.424. The first-order valence-electron chi connectivity index (χ1n) is 11.8. The smallest absolute Gasteiger partial charge is 0.414 e. The number of esters is 1. The van der Waals surface area contributed by atoms with Crippen molar-refractivity contribution in [2.45, 2.75) is 52.2 Å². The van der Waals surface area contributed by atoms with Gasteiger partial charge in [-0.05, 0) is 42.2 Å². The molecule has 0 radical (unpaired) electrons. The summed E-state index contributed by atoms with van der Waals surface area (Å²) in [6, 6.07) is 12.9. The highest BCUT2D eigenvalue weighted by atomic mass is 16.6. The Morgan fingerprint density at radius 3 is 2.67 bits per heavy atom. The van der Waals surface area contributed by atoms with E-state index in [0.717, 1.165) is 24.8 Å². The normalized spacial score (nSPS) is 25.8. The van der Waals surface area contributed by atoms with Gasteiger partial charge in [-0.15, -0.1) is 0 Å². The van der Waals surface area contributed by atoms with Gasteiger partial charge in [0.25, 0.3) is 0 Å². The van der Waals surface area contributed by atoms with Crippen molar-refractivity contribution in [2.24, 2.45) is 17.8 Å². The van der Waals surface area contributed by atoms with Crippen molar-refractivity contribution in [1.29, 1.82) is 0 Å². The third-order valence-electron chi connectivity index (χ3n) is 6.78. The second-order valence-corrected chi connectivity index (χ2v) is 9.46. The summed E-state index contributed by atoms with van der Waals surface area (Å²) in [5.74, 6) is 0.838. The van der Waals surface area contributed by atoms with E-state index < -0.39 is 12.1 Å². The molecule has 0 spiro atoms. The Morgan fingerprint density at radius 2 is 1.97 bits per heavy atom. The van der Waals surface area contributed by atoms with Crippen LogP contribution in [-0.2, 0) is 14.3 Å². The largest absolute Gasteiger partial charge is 0.458 e. The molecule has 4 atom stereocenters. The first-order chi connectivity index (χ1) is 15.9. The number of benzene rings is 1. The number of cyclic esters (lactones) is 1. The molecule has 6 heteroatoms. The highest BCUT2D eigenvalue weighted by Gasteiger charge is 2.36. The summed E-state index contributed by atoms with van der Waals surface area (Å²) in [7, 11) is 0. The number of aromatic nitrogens is 1. The van der Waals surface area contributed by atoms with E-state index in [0.29, 0.717) is 28.9 Å². The van der Waals surface area contributed by atoms with Crippen molar-refractivity contribution in [1.82, 2.24) is 9.88 Å². The monoisotopic (exact) mass is 448 g/mol. The number of amides is 1. The minimum atomic E-state index is -0.482. The highest BCUT2D eigenvalue weighted by molar-refractivity contribution is 6.16. The summed E-state index contributed by atoms with van der Waals surface area (Å²) in [6.45, 7) is 6.80. The van der Waals surface area contributed by atoms with Crippen LogP contribution < -0.4 is 0 Å². The van der Waals surface area contributed by atoms with E-state index in [1.165, 1.54) is 4.90 Å². The molecule has 1 aromatic heterocycles. The molecule has 1 aliphatic heterocycles. The molecule has 6 nitrogen and oxygen atoms in total. The maximum absolute atomic E-state index is 13.5. The van der Waals surface area contributed by atoms with Crippen LogP contribution in [0, 0.1) is 17.8 Å². The summed E-state index contributed by atoms with van der Waals surface area (Å²) in [5.41, 5.74) is 1.86. The number of hydrogen-bond acceptors (Lipinski definition) is 5. The van der Waals surface area contributed by atoms with Crippen molar-refractivity contribution in [3.8, 4) is 0 Å². The zero-order valence-corrected chi connectivity index (χ0v) is 19.5. The second kappa shape index (κ2) is 10.2. The van der Waals surface area contributed by atoms with Gasteiger partial charge in [0.15, 0.2) is 0 Å². The van der Waals surface area contributed by atoms with Crippen LogP contribution in [0.4, 0.5) is 4.79 Å². The predicted molar refractivity (Wildman–Crippen MR) is 126 cm³/mol. The Kier molecular flexibility index (Phi) is 7.11. The second-order valence-electron chi connectivity index (χ2n) is 9.46. The van der Waals surface area contributed by atoms with Gasteiger partial charge in [-0.25, -0.2) is 9.59 Å². The average Bonchev–Trinajstić information content (AvgIpc) is 3.18. The Morgan fingerprint density at radius 1 is 1.18 bits per heavy atom. The molecule has 0 N–H and O–H groups in total. The van der Waals surface area contributed by atoms with E-state index in [1.807, 2.05) is 36.4 Å². The summed E-state index contributed by atoms with van der Waals surface area (Å²) in [5, 5.41) is 0. The Bertz CT molecular complexity index is 990. The van der Waals surface area contributed by atoms with E-state index in [-0.39, 0.29) is 18.8 Å². The molecular weight excluding hydrogens is 416 g/mol. The van der Waals surface area contributed by atoms with Crippen LogP contribution >= 0.6 is 0 Å². The molecule has 1 unspecified atom stereocenters. The Labute approximate surface area is 195 Å². The van der Waals surface area contributed by atoms with Crippen molar-refractivity contribution in [3.05, 3.63) is 72.2 Å². The summed E-state index contributed by atoms with van der Waals surface area (Å²) < 4.78 is 11.5. The van der Waals surface area contributed by atoms with Gasteiger partial charge in [0, 0.05) is 24.2 Å². The third kappa shape index (κ3) is 5.27. The molecule has 1 saturated heterocycles. The predicted octanol–water partition coefficient (Wildman–Crippen LogP) is 5.62. The van der Waals surface area contributed by atoms with Crippen LogP contribution in [-0.4, -0.2) is 34.7 Å². The third-order valence-corrected chi connectivity index (χ3v) is 6.78. The maximum Gasteiger partial charge on any atom is 0.414 e. The standard InChI is InChI=1S/C27H32N2O4/c1-18(2)22-12-11-19(3)14-25(22)33-26(30)23(21-10-7-13-28-15-21)16-29-24(17-32-27(29)31)20-8-5-4-6-9-20/h4-10,13,15-16,18-19,22,24-25H,11-12,14,17H2,1-3H3/t19?,22-,24-,25+/m0/s1. The summed E-state index contributed by atoms with van der Waals surface area (Å²) in [6.07, 6.45) is 7.28. The molecule has 33 heavy (non-hydrogen) atoms. The SMILES string of the molecule is CC1CC[C@@H](C(C)C)[C@H](OC(=O)C(=CN2C(=O)OC[C@H]2c2ccccc2)c2cccnc2)C1. The fraction of sp³-hybridized carbons (Fsp3) is 0.444. The van der Waals surface area contributed by atoms with Crippen LogP contribution in [0.2, 0.25) is 0 Å². The average molecular weight is 449 g/mol. The highest BCUT2D eigenvalue weighted by Crippen LogP contribution is 2.37. The van der Waals surface area contributed by atoms with Gasteiger partial charge in [-0.1, -0.05) is 63.6 Å². The molecule has 2 aliphatic rings. The lowest BCUT2D eigenvalue weighted by atomic mass is 9.75. The van der Waals surface area contributed by atoms with E-state index in [2.05, 4.69) is 25.8 Å². The van der Waals surface area contributed by atoms with Gasteiger partial charge in [0.1, 0.15) is 12.7 Å². The topological polar surface area (TPSA) is 68.7 Å². The van der Waals surface area contributed by atoms with E-state index >= 15 is 0 Å². The van der Waals surface area contributed by atoms with Gasteiger partial charge in [0.2, 0.25) is 0 Å². The van der Waals surface area contributed by atoms with E-state index in [4.69, 9.17) is 9.47 Å². The zero-order valence-electron chi connectivity index (χ0n) is 19.5.